The molecule has 0 aliphatic carbocycles. The SMILES string of the molecule is CC[C@H](C)c1nc2ccc(Br)cc2c(=O)n1N=Cc1cc(Br)c(OCc2ccc(F)cc2)c(Br)c1. The van der Waals surface area contributed by atoms with Crippen LogP contribution in [0.25, 0.3) is 10.9 Å². The number of rotatable bonds is 7. The molecule has 180 valence electrons. The minimum absolute atomic E-state index is 0.0496. The first-order valence-corrected chi connectivity index (χ1v) is 13.3. The van der Waals surface area contributed by atoms with E-state index < -0.39 is 0 Å². The number of aromatic nitrogens is 2. The highest BCUT2D eigenvalue weighted by atomic mass is 79.9. The summed E-state index contributed by atoms with van der Waals surface area (Å²) in [6.45, 7) is 4.37. The lowest BCUT2D eigenvalue weighted by Gasteiger charge is -2.14. The summed E-state index contributed by atoms with van der Waals surface area (Å²) < 4.78 is 22.7. The fraction of sp³-hybridized carbons (Fsp3) is 0.192. The van der Waals surface area contributed by atoms with Crippen molar-refractivity contribution in [1.82, 2.24) is 9.66 Å². The van der Waals surface area contributed by atoms with Crippen LogP contribution in [-0.4, -0.2) is 15.9 Å². The third kappa shape index (κ3) is 5.90. The number of hydrogen-bond donors (Lipinski definition) is 0. The molecule has 0 spiro atoms. The van der Waals surface area contributed by atoms with Gasteiger partial charge >= 0.3 is 0 Å². The lowest BCUT2D eigenvalue weighted by atomic mass is 10.1. The van der Waals surface area contributed by atoms with Crippen LogP contribution in [0.4, 0.5) is 4.39 Å². The number of ether oxygens (including phenoxy) is 1. The molecule has 1 heterocycles. The Morgan fingerprint density at radius 1 is 1.09 bits per heavy atom. The van der Waals surface area contributed by atoms with E-state index >= 15 is 0 Å². The normalized spacial score (nSPS) is 12.4. The Kier molecular flexibility index (Phi) is 8.19. The quantitative estimate of drug-likeness (QED) is 0.189. The highest BCUT2D eigenvalue weighted by Gasteiger charge is 2.16. The Morgan fingerprint density at radius 2 is 1.77 bits per heavy atom. The molecular formula is C26H21Br3FN3O2. The molecule has 0 unspecified atom stereocenters. The van der Waals surface area contributed by atoms with Crippen molar-refractivity contribution in [3.63, 3.8) is 0 Å². The molecule has 5 nitrogen and oxygen atoms in total. The maximum absolute atomic E-state index is 13.3. The van der Waals surface area contributed by atoms with Crippen LogP contribution in [0.5, 0.6) is 5.75 Å². The Morgan fingerprint density at radius 3 is 2.43 bits per heavy atom. The Hall–Kier alpha value is -2.36. The van der Waals surface area contributed by atoms with Crippen molar-refractivity contribution in [2.45, 2.75) is 32.8 Å². The third-order valence-corrected chi connectivity index (χ3v) is 7.20. The average molecular weight is 666 g/mol. The van der Waals surface area contributed by atoms with Gasteiger partial charge in [-0.05, 0) is 91.9 Å². The molecule has 0 aliphatic heterocycles. The van der Waals surface area contributed by atoms with Gasteiger partial charge in [-0.15, -0.1) is 0 Å². The summed E-state index contributed by atoms with van der Waals surface area (Å²) >= 11 is 10.5. The van der Waals surface area contributed by atoms with Crippen LogP contribution in [0.2, 0.25) is 0 Å². The maximum atomic E-state index is 13.3. The topological polar surface area (TPSA) is 56.5 Å². The first kappa shape index (κ1) is 25.7. The van der Waals surface area contributed by atoms with Crippen molar-refractivity contribution < 1.29 is 9.13 Å². The fourth-order valence-corrected chi connectivity index (χ4v) is 5.24. The van der Waals surface area contributed by atoms with Crippen LogP contribution in [0, 0.1) is 5.82 Å². The van der Waals surface area contributed by atoms with Crippen LogP contribution in [0.15, 0.2) is 77.9 Å². The van der Waals surface area contributed by atoms with Crippen molar-refractivity contribution in [2.75, 3.05) is 0 Å². The van der Waals surface area contributed by atoms with Gasteiger partial charge in [0.15, 0.2) is 0 Å². The number of fused-ring (bicyclic) bond motifs is 1. The monoisotopic (exact) mass is 663 g/mol. The highest BCUT2D eigenvalue weighted by Crippen LogP contribution is 2.35. The summed E-state index contributed by atoms with van der Waals surface area (Å²) in [4.78, 5) is 18.0. The second kappa shape index (κ2) is 11.1. The molecular weight excluding hydrogens is 645 g/mol. The van der Waals surface area contributed by atoms with Gasteiger partial charge in [0.1, 0.15) is 24.0 Å². The predicted octanol–water partition coefficient (Wildman–Crippen LogP) is 7.80. The second-order valence-corrected chi connectivity index (χ2v) is 10.7. The lowest BCUT2D eigenvalue weighted by molar-refractivity contribution is 0.302. The van der Waals surface area contributed by atoms with E-state index in [0.29, 0.717) is 31.4 Å². The van der Waals surface area contributed by atoms with E-state index in [2.05, 4.69) is 59.8 Å². The van der Waals surface area contributed by atoms with E-state index in [-0.39, 0.29) is 23.9 Å². The number of nitrogens with zero attached hydrogens (tertiary/aromatic N) is 3. The maximum Gasteiger partial charge on any atom is 0.282 e. The van der Waals surface area contributed by atoms with Crippen molar-refractivity contribution >= 4 is 64.9 Å². The number of benzene rings is 3. The zero-order chi connectivity index (χ0) is 25.1. The van der Waals surface area contributed by atoms with Gasteiger partial charge in [0.25, 0.3) is 5.56 Å². The zero-order valence-electron chi connectivity index (χ0n) is 18.9. The van der Waals surface area contributed by atoms with Crippen molar-refractivity contribution in [3.05, 3.63) is 101 Å². The molecule has 0 fully saturated rings. The molecule has 0 saturated carbocycles. The second-order valence-electron chi connectivity index (χ2n) is 8.03. The van der Waals surface area contributed by atoms with E-state index in [1.54, 1.807) is 24.4 Å². The van der Waals surface area contributed by atoms with Crippen molar-refractivity contribution in [3.8, 4) is 5.75 Å². The molecule has 0 radical (unpaired) electrons. The standard InChI is InChI=1S/C26H21Br3FN3O2/c1-3-15(2)25-32-23-9-6-18(27)12-20(23)26(34)33(25)31-13-17-10-21(28)24(22(29)11-17)35-14-16-4-7-19(30)8-5-16/h4-13,15H,3,14H2,1-2H3/t15-/m0/s1. The summed E-state index contributed by atoms with van der Waals surface area (Å²) in [7, 11) is 0. The van der Waals surface area contributed by atoms with Crippen LogP contribution < -0.4 is 10.3 Å². The molecule has 3 aromatic carbocycles. The minimum Gasteiger partial charge on any atom is -0.487 e. The number of halogens is 4. The fourth-order valence-electron chi connectivity index (χ4n) is 3.43. The smallest absolute Gasteiger partial charge is 0.282 e. The first-order valence-electron chi connectivity index (χ1n) is 10.9. The highest BCUT2D eigenvalue weighted by molar-refractivity contribution is 9.11. The van der Waals surface area contributed by atoms with E-state index in [1.165, 1.54) is 16.8 Å². The summed E-state index contributed by atoms with van der Waals surface area (Å²) in [6.07, 6.45) is 2.44. The van der Waals surface area contributed by atoms with Crippen LogP contribution >= 0.6 is 47.8 Å². The molecule has 1 aromatic heterocycles. The van der Waals surface area contributed by atoms with Gasteiger partial charge < -0.3 is 4.74 Å². The molecule has 35 heavy (non-hydrogen) atoms. The van der Waals surface area contributed by atoms with Gasteiger partial charge in [-0.2, -0.15) is 9.78 Å². The Bertz CT molecular complexity index is 1450. The molecule has 9 heteroatoms. The van der Waals surface area contributed by atoms with Gasteiger partial charge in [0.05, 0.1) is 26.1 Å². The summed E-state index contributed by atoms with van der Waals surface area (Å²) in [5, 5.41) is 5.02. The average Bonchev–Trinajstić information content (AvgIpc) is 2.83. The molecule has 0 bridgehead atoms. The first-order chi connectivity index (χ1) is 16.8. The van der Waals surface area contributed by atoms with Crippen molar-refractivity contribution in [2.24, 2.45) is 5.10 Å². The van der Waals surface area contributed by atoms with Gasteiger partial charge in [-0.25, -0.2) is 9.37 Å². The van der Waals surface area contributed by atoms with Crippen LogP contribution in [0.1, 0.15) is 43.1 Å². The van der Waals surface area contributed by atoms with E-state index in [1.807, 2.05) is 31.2 Å². The largest absolute Gasteiger partial charge is 0.487 e. The summed E-state index contributed by atoms with van der Waals surface area (Å²) in [5.41, 5.74) is 2.03. The van der Waals surface area contributed by atoms with E-state index in [9.17, 15) is 9.18 Å². The van der Waals surface area contributed by atoms with Gasteiger partial charge in [0.2, 0.25) is 0 Å². The van der Waals surface area contributed by atoms with E-state index in [4.69, 9.17) is 9.72 Å². The van der Waals surface area contributed by atoms with Gasteiger partial charge in [0, 0.05) is 10.4 Å². The predicted molar refractivity (Wildman–Crippen MR) is 148 cm³/mol. The van der Waals surface area contributed by atoms with Gasteiger partial charge in [-0.3, -0.25) is 4.79 Å². The minimum atomic E-state index is -0.287. The summed E-state index contributed by atoms with van der Waals surface area (Å²) in [6, 6.07) is 15.3. The molecule has 0 saturated heterocycles. The molecule has 0 amide bonds. The van der Waals surface area contributed by atoms with Gasteiger partial charge in [-0.1, -0.05) is 41.9 Å². The number of hydrogen-bond acceptors (Lipinski definition) is 4. The molecule has 4 aromatic rings. The van der Waals surface area contributed by atoms with Crippen LogP contribution in [-0.2, 0) is 6.61 Å². The Balaban J connectivity index is 1.66. The molecule has 0 aliphatic rings. The molecule has 1 atom stereocenters. The molecule has 0 N–H and O–H groups in total. The summed E-state index contributed by atoms with van der Waals surface area (Å²) in [5.74, 6) is 0.986. The Labute approximate surface area is 227 Å². The zero-order valence-corrected chi connectivity index (χ0v) is 23.7. The van der Waals surface area contributed by atoms with E-state index in [0.717, 1.165) is 22.0 Å². The lowest BCUT2D eigenvalue weighted by Crippen LogP contribution is -2.23. The third-order valence-electron chi connectivity index (χ3n) is 5.53. The molecule has 4 rings (SSSR count). The van der Waals surface area contributed by atoms with Crippen molar-refractivity contribution in [1.29, 1.82) is 0 Å². The van der Waals surface area contributed by atoms with Crippen LogP contribution in [0.3, 0.4) is 0 Å².